The molecule has 2 heterocycles. The van der Waals surface area contributed by atoms with E-state index in [1.165, 1.54) is 24.6 Å². The Hall–Kier alpha value is -3.44. The van der Waals surface area contributed by atoms with Crippen LogP contribution in [-0.2, 0) is 30.0 Å². The van der Waals surface area contributed by atoms with Gasteiger partial charge in [-0.15, -0.1) is 0 Å². The van der Waals surface area contributed by atoms with Crippen molar-refractivity contribution in [3.8, 4) is 5.75 Å². The fraction of sp³-hybridized carbons (Fsp3) is 0.345. The number of nitrogens with zero attached hydrogens (tertiary/aromatic N) is 1. The number of Topliss-reactive ketones (excluding diaryl/α,β-unsaturated/α-hetero) is 1. The van der Waals surface area contributed by atoms with E-state index in [1.54, 1.807) is 42.6 Å². The van der Waals surface area contributed by atoms with Gasteiger partial charge in [-0.2, -0.15) is 9.65 Å². The fourth-order valence-corrected chi connectivity index (χ4v) is 5.62. The molecule has 0 bridgehead atoms. The standard InChI is InChI=1S/C29H34N2O9P/c1-19-11-13-24(14-12-19)40-41(36,30-20(2)29(35)37-17-22-8-5-4-6-9-22)38-18-25-26(33)27(34)28(39-25)31-15-7-10-23(16-31)21(3)32/h4-16,20,25-28,33-34H,17-18H2,1-3H3,(H,30,36)/q+1/t20-,25+,26?,27-,28+,41?/m0/s1. The van der Waals surface area contributed by atoms with Gasteiger partial charge >= 0.3 is 13.7 Å². The van der Waals surface area contributed by atoms with E-state index in [0.717, 1.165) is 11.1 Å². The minimum absolute atomic E-state index is 0.0273. The lowest BCUT2D eigenvalue weighted by atomic mass is 10.1. The van der Waals surface area contributed by atoms with Crippen LogP contribution < -0.4 is 14.2 Å². The summed E-state index contributed by atoms with van der Waals surface area (Å²) >= 11 is 0. The second-order valence-corrected chi connectivity index (χ2v) is 11.5. The number of ether oxygens (including phenoxy) is 2. The molecule has 11 nitrogen and oxygen atoms in total. The van der Waals surface area contributed by atoms with E-state index in [2.05, 4.69) is 5.09 Å². The normalized spacial score (nSPS) is 22.5. The van der Waals surface area contributed by atoms with Crippen molar-refractivity contribution in [1.82, 2.24) is 5.09 Å². The SMILES string of the molecule is CC(=O)c1ccc[n+]([C@@H]2O[C@H](COP(=O)(N[C@@H](C)C(=O)OCc3ccccc3)Oc3ccc(C)cc3)C(O)[C@@H]2O)c1. The Morgan fingerprint density at radius 3 is 2.44 bits per heavy atom. The molecule has 0 aliphatic carbocycles. The zero-order valence-corrected chi connectivity index (χ0v) is 23.8. The molecule has 0 saturated carbocycles. The highest BCUT2D eigenvalue weighted by Gasteiger charge is 2.49. The predicted molar refractivity (Wildman–Crippen MR) is 147 cm³/mol. The Balaban J connectivity index is 1.45. The number of carbonyl (C=O) groups is 2. The molecule has 6 atom stereocenters. The Morgan fingerprint density at radius 1 is 1.05 bits per heavy atom. The summed E-state index contributed by atoms with van der Waals surface area (Å²) in [5.74, 6) is -0.637. The number of aryl methyl sites for hydroxylation is 1. The van der Waals surface area contributed by atoms with Gasteiger partial charge in [-0.05, 0) is 44.5 Å². The molecule has 1 aliphatic heterocycles. The van der Waals surface area contributed by atoms with Gasteiger partial charge in [0.1, 0.15) is 30.6 Å². The quantitative estimate of drug-likeness (QED) is 0.126. The summed E-state index contributed by atoms with van der Waals surface area (Å²) < 4.78 is 37.9. The van der Waals surface area contributed by atoms with E-state index < -0.39 is 50.9 Å². The summed E-state index contributed by atoms with van der Waals surface area (Å²) in [4.78, 5) is 24.5. The van der Waals surface area contributed by atoms with Crippen molar-refractivity contribution in [2.45, 2.75) is 58.0 Å². The molecular weight excluding hydrogens is 551 g/mol. The topological polar surface area (TPSA) is 144 Å². The Kier molecular flexibility index (Phi) is 10.0. The lowest BCUT2D eigenvalue weighted by Gasteiger charge is -2.24. The molecule has 3 N–H and O–H groups in total. The van der Waals surface area contributed by atoms with Crippen LogP contribution in [0, 0.1) is 6.92 Å². The molecule has 0 radical (unpaired) electrons. The number of aromatic nitrogens is 1. The van der Waals surface area contributed by atoms with Gasteiger partial charge in [0, 0.05) is 6.07 Å². The highest BCUT2D eigenvalue weighted by Crippen LogP contribution is 2.46. The maximum Gasteiger partial charge on any atom is 0.459 e. The highest BCUT2D eigenvalue weighted by molar-refractivity contribution is 7.52. The van der Waals surface area contributed by atoms with Gasteiger partial charge in [-0.3, -0.25) is 14.1 Å². The summed E-state index contributed by atoms with van der Waals surface area (Å²) in [5, 5.41) is 23.9. The first-order valence-electron chi connectivity index (χ1n) is 13.1. The van der Waals surface area contributed by atoms with Crippen molar-refractivity contribution in [1.29, 1.82) is 0 Å². The van der Waals surface area contributed by atoms with Crippen molar-refractivity contribution in [3.63, 3.8) is 0 Å². The second-order valence-electron chi connectivity index (χ2n) is 9.78. The number of benzene rings is 2. The van der Waals surface area contributed by atoms with Crippen molar-refractivity contribution >= 4 is 19.5 Å². The van der Waals surface area contributed by atoms with Crippen LogP contribution in [0.2, 0.25) is 0 Å². The van der Waals surface area contributed by atoms with E-state index >= 15 is 0 Å². The third kappa shape index (κ3) is 8.07. The Morgan fingerprint density at radius 2 is 1.76 bits per heavy atom. The summed E-state index contributed by atoms with van der Waals surface area (Å²) in [7, 11) is -4.25. The van der Waals surface area contributed by atoms with E-state index in [-0.39, 0.29) is 18.1 Å². The first-order chi connectivity index (χ1) is 19.5. The van der Waals surface area contributed by atoms with E-state index in [1.807, 2.05) is 37.3 Å². The molecule has 12 heteroatoms. The first kappa shape index (κ1) is 30.5. The zero-order valence-electron chi connectivity index (χ0n) is 23.0. The number of pyridine rings is 1. The number of ketones is 1. The van der Waals surface area contributed by atoms with Crippen molar-refractivity contribution < 1.29 is 47.5 Å². The minimum atomic E-state index is -4.25. The van der Waals surface area contributed by atoms with Crippen LogP contribution in [0.5, 0.6) is 5.75 Å². The molecular formula is C29H34N2O9P+. The lowest BCUT2D eigenvalue weighted by Crippen LogP contribution is -2.46. The van der Waals surface area contributed by atoms with Crippen molar-refractivity contribution in [2.75, 3.05) is 6.61 Å². The maximum absolute atomic E-state index is 13.9. The monoisotopic (exact) mass is 585 g/mol. The van der Waals surface area contributed by atoms with Crippen LogP contribution in [0.4, 0.5) is 0 Å². The molecule has 41 heavy (non-hydrogen) atoms. The third-order valence-electron chi connectivity index (χ3n) is 6.44. The molecule has 2 aromatic carbocycles. The van der Waals surface area contributed by atoms with Crippen LogP contribution in [0.3, 0.4) is 0 Å². The third-order valence-corrected chi connectivity index (χ3v) is 8.09. The number of esters is 1. The molecule has 218 valence electrons. The van der Waals surface area contributed by atoms with Crippen LogP contribution in [-0.4, -0.2) is 52.9 Å². The minimum Gasteiger partial charge on any atom is -0.460 e. The molecule has 1 aromatic heterocycles. The van der Waals surface area contributed by atoms with Gasteiger partial charge < -0.3 is 24.2 Å². The maximum atomic E-state index is 13.9. The van der Waals surface area contributed by atoms with Crippen LogP contribution >= 0.6 is 7.75 Å². The van der Waals surface area contributed by atoms with Gasteiger partial charge in [0.25, 0.3) is 6.23 Å². The van der Waals surface area contributed by atoms with Gasteiger partial charge in [0.05, 0.1) is 12.2 Å². The number of hydrogen-bond acceptors (Lipinski definition) is 9. The molecule has 4 rings (SSSR count). The number of rotatable bonds is 12. The number of aliphatic hydroxyl groups excluding tert-OH is 2. The van der Waals surface area contributed by atoms with Gasteiger partial charge in [0.15, 0.2) is 24.3 Å². The summed E-state index contributed by atoms with van der Waals surface area (Å²) in [6.07, 6.45) is -1.83. The van der Waals surface area contributed by atoms with Crippen LogP contribution in [0.25, 0.3) is 0 Å². The molecule has 1 aliphatic rings. The predicted octanol–water partition coefficient (Wildman–Crippen LogP) is 3.03. The van der Waals surface area contributed by atoms with E-state index in [9.17, 15) is 24.4 Å². The van der Waals surface area contributed by atoms with Crippen molar-refractivity contribution in [2.24, 2.45) is 0 Å². The fourth-order valence-electron chi connectivity index (χ4n) is 4.12. The summed E-state index contributed by atoms with van der Waals surface area (Å²) in [6.45, 7) is 4.33. The first-order valence-corrected chi connectivity index (χ1v) is 14.6. The van der Waals surface area contributed by atoms with Gasteiger partial charge in [0.2, 0.25) is 0 Å². The summed E-state index contributed by atoms with van der Waals surface area (Å²) in [5.41, 5.74) is 2.13. The highest BCUT2D eigenvalue weighted by atomic mass is 31.2. The van der Waals surface area contributed by atoms with Crippen molar-refractivity contribution in [3.05, 3.63) is 95.8 Å². The second kappa shape index (κ2) is 13.5. The average molecular weight is 586 g/mol. The number of carbonyl (C=O) groups excluding carboxylic acids is 2. The van der Waals surface area contributed by atoms with E-state index in [0.29, 0.717) is 5.56 Å². The van der Waals surface area contributed by atoms with Crippen LogP contribution in [0.15, 0.2) is 79.1 Å². The Bertz CT molecular complexity index is 1390. The molecule has 2 unspecified atom stereocenters. The molecule has 0 spiro atoms. The number of aliphatic hydroxyl groups is 2. The van der Waals surface area contributed by atoms with Gasteiger partial charge in [-0.25, -0.2) is 4.57 Å². The molecule has 0 amide bonds. The van der Waals surface area contributed by atoms with E-state index in [4.69, 9.17) is 18.5 Å². The number of nitrogens with one attached hydrogen (secondary N) is 1. The number of hydrogen-bond donors (Lipinski definition) is 3. The van der Waals surface area contributed by atoms with Crippen LogP contribution in [0.1, 0.15) is 41.6 Å². The largest absolute Gasteiger partial charge is 0.460 e. The summed E-state index contributed by atoms with van der Waals surface area (Å²) in [6, 6.07) is 18.0. The van der Waals surface area contributed by atoms with Gasteiger partial charge in [-0.1, -0.05) is 48.0 Å². The average Bonchev–Trinajstić information content (AvgIpc) is 3.25. The smallest absolute Gasteiger partial charge is 0.459 e. The molecule has 1 fully saturated rings. The zero-order chi connectivity index (χ0) is 29.6. The molecule has 1 saturated heterocycles. The lowest BCUT2D eigenvalue weighted by molar-refractivity contribution is -0.765. The molecule has 3 aromatic rings. The Labute approximate surface area is 238 Å².